The van der Waals surface area contributed by atoms with Gasteiger partial charge in [-0.15, -0.1) is 0 Å². The average molecular weight is 699 g/mol. The minimum atomic E-state index is -0.157. The van der Waals surface area contributed by atoms with Gasteiger partial charge in [0, 0.05) is 49.6 Å². The van der Waals surface area contributed by atoms with Crippen LogP contribution in [0.3, 0.4) is 0 Å². The zero-order chi connectivity index (χ0) is 34.2. The minimum absolute atomic E-state index is 0.157. The molecule has 7 rings (SSSR count). The van der Waals surface area contributed by atoms with Crippen molar-refractivity contribution in [2.45, 2.75) is 64.6 Å². The molecule has 2 fully saturated rings. The molecule has 0 bridgehead atoms. The highest BCUT2D eigenvalue weighted by atomic mass is 35.5. The van der Waals surface area contributed by atoms with Gasteiger partial charge in [-0.1, -0.05) is 53.5 Å². The van der Waals surface area contributed by atoms with Crippen molar-refractivity contribution in [1.29, 1.82) is 0 Å². The molecule has 0 unspecified atom stereocenters. The van der Waals surface area contributed by atoms with Crippen LogP contribution < -0.4 is 5.32 Å². The van der Waals surface area contributed by atoms with Gasteiger partial charge in [0.1, 0.15) is 5.82 Å². The summed E-state index contributed by atoms with van der Waals surface area (Å²) in [5, 5.41) is 8.81. The van der Waals surface area contributed by atoms with Crippen LogP contribution in [0, 0.1) is 13.8 Å². The number of carbonyl (C=O) groups excluding carboxylic acids is 1. The summed E-state index contributed by atoms with van der Waals surface area (Å²) in [5.41, 5.74) is 7.23. The van der Waals surface area contributed by atoms with Crippen molar-refractivity contribution in [2.24, 2.45) is 0 Å². The molecule has 1 N–H and O–H groups in total. The molecule has 3 aromatic heterocycles. The fourth-order valence-electron chi connectivity index (χ4n) is 6.54. The number of hydrogen-bond donors (Lipinski definition) is 1. The van der Waals surface area contributed by atoms with Crippen molar-refractivity contribution in [3.05, 3.63) is 99.2 Å². The van der Waals surface area contributed by atoms with E-state index < -0.39 is 0 Å². The van der Waals surface area contributed by atoms with Gasteiger partial charge >= 0.3 is 6.03 Å². The van der Waals surface area contributed by atoms with Gasteiger partial charge in [-0.25, -0.2) is 19.7 Å². The second kappa shape index (κ2) is 13.9. The van der Waals surface area contributed by atoms with E-state index in [0.29, 0.717) is 35.1 Å². The number of halogens is 2. The van der Waals surface area contributed by atoms with Gasteiger partial charge in [-0.05, 0) is 95.1 Å². The zero-order valence-corrected chi connectivity index (χ0v) is 29.8. The molecule has 254 valence electrons. The standard InChI is InChI=1S/C37H41Cl2N9O/c1-23-19-24(2)48(44-23)37(49)46(4)21-25-5-7-26(8-6-25)22-47-34(32-13-16-40-36(42-32)41-29-10-11-29)33(28-9-12-30(38)31(39)20-28)43-35(47)27-14-17-45(3)18-15-27/h5-9,12-13,16,19-20,27,29H,10-11,14-15,17-18,21-22H2,1-4H3,(H,40,41,42). The Labute approximate surface area is 297 Å². The van der Waals surface area contributed by atoms with Crippen molar-refractivity contribution in [2.75, 3.05) is 32.5 Å². The van der Waals surface area contributed by atoms with Gasteiger partial charge in [-0.3, -0.25) is 0 Å². The Hall–Kier alpha value is -4.25. The summed E-state index contributed by atoms with van der Waals surface area (Å²) >= 11 is 12.9. The Morgan fingerprint density at radius 1 is 0.939 bits per heavy atom. The van der Waals surface area contributed by atoms with Crippen LogP contribution in [0.5, 0.6) is 0 Å². The number of anilines is 1. The van der Waals surface area contributed by atoms with Crippen LogP contribution in [0.2, 0.25) is 10.0 Å². The first-order valence-corrected chi connectivity index (χ1v) is 17.6. The molecule has 49 heavy (non-hydrogen) atoms. The summed E-state index contributed by atoms with van der Waals surface area (Å²) in [6, 6.07) is 18.3. The SMILES string of the molecule is Cc1cc(C)n(C(=O)N(C)Cc2ccc(Cn3c(C4CCN(C)CC4)nc(-c4ccc(Cl)c(Cl)c4)c3-c3ccnc(NC4CC4)n3)cc2)n1. The Morgan fingerprint density at radius 3 is 2.35 bits per heavy atom. The van der Waals surface area contributed by atoms with E-state index in [-0.39, 0.29) is 11.9 Å². The van der Waals surface area contributed by atoms with E-state index in [1.54, 1.807) is 11.9 Å². The minimum Gasteiger partial charge on any atom is -0.351 e. The van der Waals surface area contributed by atoms with Crippen LogP contribution in [0.4, 0.5) is 10.7 Å². The molecule has 10 nitrogen and oxygen atoms in total. The normalized spacial score (nSPS) is 15.5. The van der Waals surface area contributed by atoms with Gasteiger partial charge in [0.2, 0.25) is 5.95 Å². The maximum absolute atomic E-state index is 13.1. The molecule has 1 saturated carbocycles. The molecular weight excluding hydrogens is 657 g/mol. The van der Waals surface area contributed by atoms with Crippen molar-refractivity contribution < 1.29 is 4.79 Å². The maximum atomic E-state index is 13.1. The monoisotopic (exact) mass is 697 g/mol. The summed E-state index contributed by atoms with van der Waals surface area (Å²) in [6.45, 7) is 6.87. The number of aromatic nitrogens is 6. The van der Waals surface area contributed by atoms with Crippen molar-refractivity contribution in [1.82, 2.24) is 39.1 Å². The molecule has 2 aliphatic rings. The highest BCUT2D eigenvalue weighted by molar-refractivity contribution is 6.42. The largest absolute Gasteiger partial charge is 0.351 e. The molecule has 1 amide bonds. The van der Waals surface area contributed by atoms with E-state index in [1.165, 1.54) is 4.68 Å². The molecule has 0 spiro atoms. The predicted octanol–water partition coefficient (Wildman–Crippen LogP) is 7.66. The third-order valence-electron chi connectivity index (χ3n) is 9.38. The number of rotatable bonds is 9. The summed E-state index contributed by atoms with van der Waals surface area (Å²) < 4.78 is 3.80. The number of imidazole rings is 1. The molecule has 0 atom stereocenters. The van der Waals surface area contributed by atoms with Gasteiger partial charge < -0.3 is 19.7 Å². The van der Waals surface area contributed by atoms with E-state index in [1.807, 2.05) is 50.4 Å². The number of carbonyl (C=O) groups is 1. The van der Waals surface area contributed by atoms with Gasteiger partial charge in [-0.2, -0.15) is 9.78 Å². The lowest BCUT2D eigenvalue weighted by Crippen LogP contribution is -2.32. The van der Waals surface area contributed by atoms with Crippen LogP contribution in [0.25, 0.3) is 22.6 Å². The lowest BCUT2D eigenvalue weighted by Gasteiger charge is -2.29. The van der Waals surface area contributed by atoms with E-state index in [4.69, 9.17) is 33.2 Å². The third kappa shape index (κ3) is 7.37. The number of nitrogens with one attached hydrogen (secondary N) is 1. The predicted molar refractivity (Wildman–Crippen MR) is 194 cm³/mol. The molecule has 12 heteroatoms. The van der Waals surface area contributed by atoms with Crippen molar-refractivity contribution >= 4 is 35.2 Å². The average Bonchev–Trinajstić information content (AvgIpc) is 3.73. The van der Waals surface area contributed by atoms with E-state index >= 15 is 0 Å². The molecule has 0 radical (unpaired) electrons. The lowest BCUT2D eigenvalue weighted by molar-refractivity contribution is 0.204. The van der Waals surface area contributed by atoms with Crippen LogP contribution in [-0.2, 0) is 13.1 Å². The van der Waals surface area contributed by atoms with E-state index in [9.17, 15) is 4.79 Å². The van der Waals surface area contributed by atoms with Crippen LogP contribution in [0.1, 0.15) is 59.9 Å². The van der Waals surface area contributed by atoms with Crippen molar-refractivity contribution in [3.8, 4) is 22.6 Å². The molecule has 4 heterocycles. The fourth-order valence-corrected chi connectivity index (χ4v) is 6.84. The van der Waals surface area contributed by atoms with Crippen LogP contribution in [0.15, 0.2) is 60.8 Å². The summed E-state index contributed by atoms with van der Waals surface area (Å²) in [6.07, 6.45) is 6.10. The zero-order valence-electron chi connectivity index (χ0n) is 28.3. The molecule has 2 aromatic carbocycles. The highest BCUT2D eigenvalue weighted by Gasteiger charge is 2.29. The van der Waals surface area contributed by atoms with Gasteiger partial charge in [0.25, 0.3) is 0 Å². The second-order valence-corrected chi connectivity index (χ2v) is 14.3. The summed E-state index contributed by atoms with van der Waals surface area (Å²) in [5.74, 6) is 1.95. The van der Waals surface area contributed by atoms with E-state index in [0.717, 1.165) is 89.8 Å². The maximum Gasteiger partial charge on any atom is 0.344 e. The van der Waals surface area contributed by atoms with Crippen molar-refractivity contribution in [3.63, 3.8) is 0 Å². The first-order valence-electron chi connectivity index (χ1n) is 16.8. The van der Waals surface area contributed by atoms with Gasteiger partial charge in [0.05, 0.1) is 32.8 Å². The number of nitrogens with zero attached hydrogens (tertiary/aromatic N) is 8. The highest BCUT2D eigenvalue weighted by Crippen LogP contribution is 2.39. The Balaban J connectivity index is 1.26. The first-order chi connectivity index (χ1) is 23.6. The Kier molecular flexibility index (Phi) is 9.46. The van der Waals surface area contributed by atoms with Crippen LogP contribution >= 0.6 is 23.2 Å². The molecule has 5 aromatic rings. The number of hydrogen-bond acceptors (Lipinski definition) is 7. The number of aryl methyl sites for hydroxylation is 2. The lowest BCUT2D eigenvalue weighted by atomic mass is 9.96. The Bertz CT molecular complexity index is 1970. The van der Waals surface area contributed by atoms with E-state index in [2.05, 4.69) is 56.2 Å². The third-order valence-corrected chi connectivity index (χ3v) is 10.1. The van der Waals surface area contributed by atoms with Gasteiger partial charge in [0.15, 0.2) is 0 Å². The summed E-state index contributed by atoms with van der Waals surface area (Å²) in [7, 11) is 3.98. The molecule has 1 saturated heterocycles. The Morgan fingerprint density at radius 2 is 1.67 bits per heavy atom. The number of amides is 1. The quantitative estimate of drug-likeness (QED) is 0.169. The smallest absolute Gasteiger partial charge is 0.344 e. The number of benzene rings is 2. The number of piperidine rings is 1. The fraction of sp³-hybridized carbons (Fsp3) is 0.378. The molecule has 1 aliphatic carbocycles. The number of likely N-dealkylation sites (tertiary alicyclic amines) is 1. The van der Waals surface area contributed by atoms with Crippen LogP contribution in [-0.4, -0.2) is 78.4 Å². The second-order valence-electron chi connectivity index (χ2n) is 13.4. The molecule has 1 aliphatic heterocycles. The topological polar surface area (TPSA) is 97.0 Å². The first kappa shape index (κ1) is 33.3. The molecular formula is C37H41Cl2N9O. The summed E-state index contributed by atoms with van der Waals surface area (Å²) in [4.78, 5) is 32.1.